The molecule has 1 aliphatic heterocycles. The molecule has 0 aromatic carbocycles. The maximum atomic E-state index is 12.9. The van der Waals surface area contributed by atoms with E-state index in [1.54, 1.807) is 10.6 Å². The summed E-state index contributed by atoms with van der Waals surface area (Å²) in [6.07, 6.45) is 7.59. The molecule has 1 amide bonds. The molecule has 7 heteroatoms. The van der Waals surface area contributed by atoms with Crippen molar-refractivity contribution in [2.75, 3.05) is 6.54 Å². The lowest BCUT2D eigenvalue weighted by atomic mass is 10.1. The van der Waals surface area contributed by atoms with Gasteiger partial charge in [0.15, 0.2) is 0 Å². The van der Waals surface area contributed by atoms with Crippen LogP contribution in [0.25, 0.3) is 11.0 Å². The maximum Gasteiger partial charge on any atom is 0.330 e. The minimum atomic E-state index is -0.483. The molecule has 0 spiro atoms. The number of fused-ring (bicyclic) bond motifs is 1. The minimum absolute atomic E-state index is 0.0904. The number of carbonyl (C=O) groups excluding carboxylic acids is 1. The molecule has 25 heavy (non-hydrogen) atoms. The van der Waals surface area contributed by atoms with Gasteiger partial charge in [-0.1, -0.05) is 12.8 Å². The van der Waals surface area contributed by atoms with Gasteiger partial charge in [-0.15, -0.1) is 0 Å². The average Bonchev–Trinajstić information content (AvgIpc) is 3.42. The van der Waals surface area contributed by atoms with Crippen molar-refractivity contribution in [2.45, 2.75) is 57.5 Å². The normalized spacial score (nSPS) is 21.3. The van der Waals surface area contributed by atoms with E-state index in [0.29, 0.717) is 16.6 Å². The lowest BCUT2D eigenvalue weighted by Crippen LogP contribution is -2.38. The third kappa shape index (κ3) is 2.88. The van der Waals surface area contributed by atoms with Crippen molar-refractivity contribution in [3.63, 3.8) is 0 Å². The lowest BCUT2D eigenvalue weighted by molar-refractivity contribution is 0.0697. The fourth-order valence-corrected chi connectivity index (χ4v) is 3.67. The Balaban J connectivity index is 1.77. The molecule has 7 nitrogen and oxygen atoms in total. The van der Waals surface area contributed by atoms with Gasteiger partial charge in [0.05, 0.1) is 10.9 Å². The molecule has 4 rings (SSSR count). The van der Waals surface area contributed by atoms with Gasteiger partial charge in [-0.05, 0) is 38.7 Å². The number of nitrogens with one attached hydrogen (secondary N) is 1. The number of hydrogen-bond acceptors (Lipinski definition) is 4. The second kappa shape index (κ2) is 6.13. The topological polar surface area (TPSA) is 88.1 Å². The molecular weight excluding hydrogens is 320 g/mol. The maximum absolute atomic E-state index is 12.9. The number of pyridine rings is 1. The SMILES string of the molecule is CC1CCCCCN1C(=O)c1cnc2c(c1)c(=O)[nH]c(=O)n2C1CC1. The number of amides is 1. The van der Waals surface area contributed by atoms with Crippen molar-refractivity contribution >= 4 is 16.9 Å². The highest BCUT2D eigenvalue weighted by atomic mass is 16.2. The Kier molecular flexibility index (Phi) is 3.94. The molecule has 2 fully saturated rings. The first-order valence-corrected chi connectivity index (χ1v) is 9.02. The smallest absolute Gasteiger partial charge is 0.330 e. The summed E-state index contributed by atoms with van der Waals surface area (Å²) in [5.74, 6) is -0.0904. The number of rotatable bonds is 2. The minimum Gasteiger partial charge on any atom is -0.336 e. The van der Waals surface area contributed by atoms with Crippen LogP contribution in [-0.4, -0.2) is 37.9 Å². The van der Waals surface area contributed by atoms with E-state index in [1.165, 1.54) is 6.20 Å². The van der Waals surface area contributed by atoms with E-state index in [1.807, 2.05) is 4.90 Å². The zero-order chi connectivity index (χ0) is 17.6. The van der Waals surface area contributed by atoms with E-state index in [0.717, 1.165) is 45.1 Å². The van der Waals surface area contributed by atoms with Crippen molar-refractivity contribution < 1.29 is 4.79 Å². The van der Waals surface area contributed by atoms with Crippen LogP contribution in [0.1, 0.15) is 61.8 Å². The number of nitrogens with zero attached hydrogens (tertiary/aromatic N) is 3. The summed E-state index contributed by atoms with van der Waals surface area (Å²) in [4.78, 5) is 45.8. The Morgan fingerprint density at radius 1 is 1.20 bits per heavy atom. The molecule has 1 N–H and O–H groups in total. The average molecular weight is 342 g/mol. The predicted molar refractivity (Wildman–Crippen MR) is 93.9 cm³/mol. The summed E-state index contributed by atoms with van der Waals surface area (Å²) < 4.78 is 1.54. The van der Waals surface area contributed by atoms with Crippen molar-refractivity contribution in [3.8, 4) is 0 Å². The van der Waals surface area contributed by atoms with Crippen LogP contribution in [0.15, 0.2) is 21.9 Å². The van der Waals surface area contributed by atoms with Crippen molar-refractivity contribution in [1.82, 2.24) is 19.4 Å². The van der Waals surface area contributed by atoms with Gasteiger partial charge in [0.1, 0.15) is 5.65 Å². The van der Waals surface area contributed by atoms with Gasteiger partial charge in [-0.2, -0.15) is 0 Å². The van der Waals surface area contributed by atoms with E-state index in [2.05, 4.69) is 16.9 Å². The summed E-state index contributed by atoms with van der Waals surface area (Å²) in [7, 11) is 0. The summed E-state index contributed by atoms with van der Waals surface area (Å²) in [6.45, 7) is 2.80. The van der Waals surface area contributed by atoms with Gasteiger partial charge in [0, 0.05) is 24.8 Å². The van der Waals surface area contributed by atoms with Gasteiger partial charge >= 0.3 is 5.69 Å². The van der Waals surface area contributed by atoms with Gasteiger partial charge in [-0.3, -0.25) is 19.1 Å². The van der Waals surface area contributed by atoms with Gasteiger partial charge < -0.3 is 4.90 Å². The number of likely N-dealkylation sites (tertiary alicyclic amines) is 1. The Labute approximate surface area is 144 Å². The number of aromatic amines is 1. The zero-order valence-corrected chi connectivity index (χ0v) is 14.3. The van der Waals surface area contributed by atoms with Crippen molar-refractivity contribution in [1.29, 1.82) is 0 Å². The van der Waals surface area contributed by atoms with Crippen LogP contribution in [-0.2, 0) is 0 Å². The predicted octanol–water partition coefficient (Wildman–Crippen LogP) is 1.82. The number of H-pyrrole nitrogens is 1. The van der Waals surface area contributed by atoms with E-state index < -0.39 is 11.2 Å². The molecule has 1 unspecified atom stereocenters. The van der Waals surface area contributed by atoms with Crippen LogP contribution in [0, 0.1) is 0 Å². The summed E-state index contributed by atoms with van der Waals surface area (Å²) in [5, 5.41) is 0.305. The fourth-order valence-electron chi connectivity index (χ4n) is 3.67. The van der Waals surface area contributed by atoms with Crippen LogP contribution in [0.3, 0.4) is 0 Å². The summed E-state index contributed by atoms with van der Waals surface area (Å²) in [6, 6.07) is 1.87. The number of aromatic nitrogens is 3. The first kappa shape index (κ1) is 16.1. The third-order valence-electron chi connectivity index (χ3n) is 5.25. The standard InChI is InChI=1S/C18H22N4O3/c1-11-5-3-2-4-8-21(11)17(24)12-9-14-15(19-10-12)22(13-6-7-13)18(25)20-16(14)23/h9-11,13H,2-8H2,1H3,(H,20,23,25). The van der Waals surface area contributed by atoms with Crippen LogP contribution >= 0.6 is 0 Å². The molecule has 2 aromatic heterocycles. The quantitative estimate of drug-likeness (QED) is 0.902. The molecule has 2 aromatic rings. The van der Waals surface area contributed by atoms with Gasteiger partial charge in [-0.25, -0.2) is 9.78 Å². The van der Waals surface area contributed by atoms with Crippen LogP contribution in [0.2, 0.25) is 0 Å². The molecule has 0 bridgehead atoms. The Morgan fingerprint density at radius 3 is 2.76 bits per heavy atom. The molecule has 3 heterocycles. The highest BCUT2D eigenvalue weighted by Crippen LogP contribution is 2.34. The second-order valence-corrected chi connectivity index (χ2v) is 7.15. The molecule has 1 saturated heterocycles. The second-order valence-electron chi connectivity index (χ2n) is 7.15. The van der Waals surface area contributed by atoms with Crippen LogP contribution in [0.4, 0.5) is 0 Å². The van der Waals surface area contributed by atoms with E-state index in [4.69, 9.17) is 0 Å². The molecule has 1 aliphatic carbocycles. The number of carbonyl (C=O) groups is 1. The molecule has 0 radical (unpaired) electrons. The van der Waals surface area contributed by atoms with Gasteiger partial charge in [0.25, 0.3) is 11.5 Å². The Hall–Kier alpha value is -2.44. The lowest BCUT2D eigenvalue weighted by Gasteiger charge is -2.27. The monoisotopic (exact) mass is 342 g/mol. The molecule has 132 valence electrons. The Bertz CT molecular complexity index is 941. The van der Waals surface area contributed by atoms with Crippen molar-refractivity contribution in [2.24, 2.45) is 0 Å². The van der Waals surface area contributed by atoms with Gasteiger partial charge in [0.2, 0.25) is 0 Å². The van der Waals surface area contributed by atoms with Crippen molar-refractivity contribution in [3.05, 3.63) is 38.7 Å². The summed E-state index contributed by atoms with van der Waals surface area (Å²) in [5.41, 5.74) is -0.125. The largest absolute Gasteiger partial charge is 0.336 e. The molecule has 2 aliphatic rings. The van der Waals surface area contributed by atoms with E-state index in [9.17, 15) is 14.4 Å². The fraction of sp³-hybridized carbons (Fsp3) is 0.556. The first-order chi connectivity index (χ1) is 12.1. The highest BCUT2D eigenvalue weighted by molar-refractivity contribution is 5.97. The third-order valence-corrected chi connectivity index (χ3v) is 5.25. The molecular formula is C18H22N4O3. The summed E-state index contributed by atoms with van der Waals surface area (Å²) >= 11 is 0. The number of hydrogen-bond donors (Lipinski definition) is 1. The Morgan fingerprint density at radius 2 is 2.00 bits per heavy atom. The van der Waals surface area contributed by atoms with Crippen LogP contribution in [0.5, 0.6) is 0 Å². The van der Waals surface area contributed by atoms with E-state index >= 15 is 0 Å². The van der Waals surface area contributed by atoms with E-state index in [-0.39, 0.29) is 18.0 Å². The highest BCUT2D eigenvalue weighted by Gasteiger charge is 2.28. The van der Waals surface area contributed by atoms with Crippen LogP contribution < -0.4 is 11.2 Å². The molecule has 1 saturated carbocycles. The molecule has 1 atom stereocenters. The first-order valence-electron chi connectivity index (χ1n) is 9.02. The zero-order valence-electron chi connectivity index (χ0n) is 14.3.